The normalized spacial score (nSPS) is 31.5. The van der Waals surface area contributed by atoms with Gasteiger partial charge in [-0.2, -0.15) is 12.6 Å². The van der Waals surface area contributed by atoms with E-state index in [1.807, 2.05) is 0 Å². The van der Waals surface area contributed by atoms with Crippen molar-refractivity contribution < 1.29 is 0 Å². The van der Waals surface area contributed by atoms with Crippen molar-refractivity contribution in [1.82, 2.24) is 0 Å². The molecule has 2 saturated carbocycles. The molecule has 2 aliphatic carbocycles. The summed E-state index contributed by atoms with van der Waals surface area (Å²) in [6.07, 6.45) is 11.5. The van der Waals surface area contributed by atoms with Crippen LogP contribution >= 0.6 is 12.6 Å². The van der Waals surface area contributed by atoms with Crippen molar-refractivity contribution in [2.45, 2.75) is 63.0 Å². The second kappa shape index (κ2) is 2.94. The largest absolute Gasteiger partial charge is 0.172 e. The van der Waals surface area contributed by atoms with Crippen molar-refractivity contribution in [3.05, 3.63) is 0 Å². The van der Waals surface area contributed by atoms with Crippen LogP contribution in [0.4, 0.5) is 0 Å². The lowest BCUT2D eigenvalue weighted by Crippen LogP contribution is -2.48. The molecule has 0 unspecified atom stereocenters. The average Bonchev–Trinajstić information content (AvgIpc) is 2.04. The predicted octanol–water partition coefficient (Wildman–Crippen LogP) is 3.81. The molecule has 1 heteroatoms. The van der Waals surface area contributed by atoms with E-state index in [1.54, 1.807) is 0 Å². The monoisotopic (exact) mass is 184 g/mol. The fourth-order valence-corrected chi connectivity index (χ4v) is 3.92. The Morgan fingerprint density at radius 1 is 1.08 bits per heavy atom. The van der Waals surface area contributed by atoms with E-state index >= 15 is 0 Å². The lowest BCUT2D eigenvalue weighted by Gasteiger charge is -2.56. The van der Waals surface area contributed by atoms with E-state index in [9.17, 15) is 0 Å². The molecular weight excluding hydrogens is 164 g/mol. The molecule has 0 aromatic carbocycles. The molecule has 0 aromatic heterocycles. The van der Waals surface area contributed by atoms with Gasteiger partial charge in [-0.3, -0.25) is 0 Å². The minimum atomic E-state index is 0.428. The minimum Gasteiger partial charge on any atom is -0.172 e. The Balaban J connectivity index is 1.92. The topological polar surface area (TPSA) is 0 Å². The molecule has 70 valence electrons. The molecule has 2 fully saturated rings. The molecule has 0 saturated heterocycles. The van der Waals surface area contributed by atoms with E-state index in [1.165, 1.54) is 51.4 Å². The van der Waals surface area contributed by atoms with Crippen molar-refractivity contribution in [3.63, 3.8) is 0 Å². The first-order chi connectivity index (χ1) is 5.68. The maximum atomic E-state index is 4.76. The summed E-state index contributed by atoms with van der Waals surface area (Å²) in [4.78, 5) is 0. The molecule has 1 spiro atoms. The molecule has 0 amide bonds. The molecular formula is C11H20S. The highest BCUT2D eigenvalue weighted by molar-refractivity contribution is 7.81. The number of hydrogen-bond acceptors (Lipinski definition) is 1. The Kier molecular flexibility index (Phi) is 2.18. The fourth-order valence-electron chi connectivity index (χ4n) is 3.25. The van der Waals surface area contributed by atoms with Crippen LogP contribution in [-0.4, -0.2) is 4.75 Å². The van der Waals surface area contributed by atoms with Crippen LogP contribution in [0.2, 0.25) is 0 Å². The van der Waals surface area contributed by atoms with Gasteiger partial charge in [0.25, 0.3) is 0 Å². The fraction of sp³-hybridized carbons (Fsp3) is 1.00. The van der Waals surface area contributed by atoms with Gasteiger partial charge in [-0.25, -0.2) is 0 Å². The Labute approximate surface area is 81.5 Å². The van der Waals surface area contributed by atoms with Crippen LogP contribution in [-0.2, 0) is 0 Å². The van der Waals surface area contributed by atoms with E-state index in [0.717, 1.165) is 5.41 Å². The molecule has 0 heterocycles. The maximum Gasteiger partial charge on any atom is 0.0138 e. The van der Waals surface area contributed by atoms with Gasteiger partial charge in [-0.15, -0.1) is 0 Å². The molecule has 0 N–H and O–H groups in total. The van der Waals surface area contributed by atoms with E-state index in [4.69, 9.17) is 12.6 Å². The molecule has 0 aliphatic heterocycles. The summed E-state index contributed by atoms with van der Waals surface area (Å²) >= 11 is 4.76. The van der Waals surface area contributed by atoms with E-state index in [-0.39, 0.29) is 0 Å². The first-order valence-electron chi connectivity index (χ1n) is 5.41. The third kappa shape index (κ3) is 1.41. The maximum absolute atomic E-state index is 4.76. The Bertz CT molecular complexity index is 160. The van der Waals surface area contributed by atoms with Crippen molar-refractivity contribution >= 4 is 12.6 Å². The van der Waals surface area contributed by atoms with Gasteiger partial charge in [0.15, 0.2) is 0 Å². The van der Waals surface area contributed by atoms with Gasteiger partial charge in [-0.1, -0.05) is 26.2 Å². The second-order valence-corrected chi connectivity index (χ2v) is 5.94. The second-order valence-electron chi connectivity index (χ2n) is 4.99. The van der Waals surface area contributed by atoms with Gasteiger partial charge in [0.2, 0.25) is 0 Å². The lowest BCUT2D eigenvalue weighted by atomic mass is 9.55. The first-order valence-corrected chi connectivity index (χ1v) is 5.85. The summed E-state index contributed by atoms with van der Waals surface area (Å²) < 4.78 is 0.428. The zero-order chi connectivity index (χ0) is 8.66. The zero-order valence-electron chi connectivity index (χ0n) is 8.10. The van der Waals surface area contributed by atoms with Crippen molar-refractivity contribution in [1.29, 1.82) is 0 Å². The number of rotatable bonds is 1. The average molecular weight is 184 g/mol. The molecule has 0 aromatic rings. The summed E-state index contributed by atoms with van der Waals surface area (Å²) in [7, 11) is 0. The third-order valence-corrected chi connectivity index (χ3v) is 4.61. The zero-order valence-corrected chi connectivity index (χ0v) is 9.00. The number of hydrogen-bond donors (Lipinski definition) is 1. The van der Waals surface area contributed by atoms with Crippen molar-refractivity contribution in [3.8, 4) is 0 Å². The van der Waals surface area contributed by atoms with E-state index < -0.39 is 0 Å². The smallest absolute Gasteiger partial charge is 0.0138 e. The summed E-state index contributed by atoms with van der Waals surface area (Å²) in [6, 6.07) is 0. The standard InChI is InChI=1S/C11H20S/c1-2-11(12)8-10(9-11)6-4-3-5-7-10/h12H,2-9H2,1H3. The molecule has 0 atom stereocenters. The Hall–Kier alpha value is 0.350. The molecule has 2 aliphatic rings. The van der Waals surface area contributed by atoms with Gasteiger partial charge >= 0.3 is 0 Å². The molecule has 0 nitrogen and oxygen atoms in total. The SMILES string of the molecule is CCC1(S)CC2(CCCCC2)C1. The van der Waals surface area contributed by atoms with Crippen molar-refractivity contribution in [2.75, 3.05) is 0 Å². The van der Waals surface area contributed by atoms with Gasteiger partial charge in [-0.05, 0) is 37.5 Å². The quantitative estimate of drug-likeness (QED) is 0.589. The number of thiol groups is 1. The van der Waals surface area contributed by atoms with Crippen LogP contribution in [0.5, 0.6) is 0 Å². The van der Waals surface area contributed by atoms with Gasteiger partial charge < -0.3 is 0 Å². The van der Waals surface area contributed by atoms with E-state index in [0.29, 0.717) is 4.75 Å². The van der Waals surface area contributed by atoms with Crippen LogP contribution in [0.15, 0.2) is 0 Å². The van der Waals surface area contributed by atoms with E-state index in [2.05, 4.69) is 6.92 Å². The summed E-state index contributed by atoms with van der Waals surface area (Å²) in [6.45, 7) is 2.28. The van der Waals surface area contributed by atoms with Crippen molar-refractivity contribution in [2.24, 2.45) is 5.41 Å². The van der Waals surface area contributed by atoms with Crippen LogP contribution in [0.25, 0.3) is 0 Å². The van der Waals surface area contributed by atoms with Crippen LogP contribution < -0.4 is 0 Å². The highest BCUT2D eigenvalue weighted by atomic mass is 32.1. The lowest BCUT2D eigenvalue weighted by molar-refractivity contribution is 0.0358. The Morgan fingerprint density at radius 3 is 2.17 bits per heavy atom. The third-order valence-electron chi connectivity index (χ3n) is 3.98. The highest BCUT2D eigenvalue weighted by Gasteiger charge is 2.51. The summed E-state index contributed by atoms with van der Waals surface area (Å²) in [5.41, 5.74) is 0.760. The first kappa shape index (κ1) is 8.93. The van der Waals surface area contributed by atoms with Gasteiger partial charge in [0.1, 0.15) is 0 Å². The highest BCUT2D eigenvalue weighted by Crippen LogP contribution is 2.60. The summed E-state index contributed by atoms with van der Waals surface area (Å²) in [5.74, 6) is 0. The van der Waals surface area contributed by atoms with Gasteiger partial charge in [0, 0.05) is 4.75 Å². The predicted molar refractivity (Wildman–Crippen MR) is 56.8 cm³/mol. The molecule has 2 rings (SSSR count). The van der Waals surface area contributed by atoms with Crippen LogP contribution in [0, 0.1) is 5.41 Å². The van der Waals surface area contributed by atoms with Gasteiger partial charge in [0.05, 0.1) is 0 Å². The molecule has 0 bridgehead atoms. The van der Waals surface area contributed by atoms with Crippen LogP contribution in [0.1, 0.15) is 58.3 Å². The summed E-state index contributed by atoms with van der Waals surface area (Å²) in [5, 5.41) is 0. The Morgan fingerprint density at radius 2 is 1.67 bits per heavy atom. The molecule has 12 heavy (non-hydrogen) atoms. The minimum absolute atomic E-state index is 0.428. The van der Waals surface area contributed by atoms with Crippen LogP contribution in [0.3, 0.4) is 0 Å². The molecule has 0 radical (unpaired) electrons.